The van der Waals surface area contributed by atoms with Crippen LogP contribution in [0.2, 0.25) is 0 Å². The van der Waals surface area contributed by atoms with Crippen LogP contribution in [-0.2, 0) is 6.54 Å². The Hall–Kier alpha value is -3.92. The summed E-state index contributed by atoms with van der Waals surface area (Å²) in [4.78, 5) is 20.6. The van der Waals surface area contributed by atoms with Crippen LogP contribution in [0.15, 0.2) is 60.9 Å². The van der Waals surface area contributed by atoms with Crippen molar-refractivity contribution in [1.82, 2.24) is 15.3 Å². The molecular formula is C20H17N5O2. The third-order valence-corrected chi connectivity index (χ3v) is 3.79. The van der Waals surface area contributed by atoms with Crippen molar-refractivity contribution in [2.75, 3.05) is 12.4 Å². The molecule has 7 heteroatoms. The second-order valence-corrected chi connectivity index (χ2v) is 5.61. The van der Waals surface area contributed by atoms with Crippen molar-refractivity contribution in [3.63, 3.8) is 0 Å². The van der Waals surface area contributed by atoms with Gasteiger partial charge in [0.15, 0.2) is 0 Å². The van der Waals surface area contributed by atoms with Crippen LogP contribution in [0.5, 0.6) is 5.75 Å². The number of hydrogen-bond donors (Lipinski definition) is 2. The van der Waals surface area contributed by atoms with Gasteiger partial charge in [0.25, 0.3) is 5.91 Å². The number of anilines is 2. The number of nitrogens with zero attached hydrogens (tertiary/aromatic N) is 3. The number of para-hydroxylation sites is 1. The third-order valence-electron chi connectivity index (χ3n) is 3.79. The normalized spacial score (nSPS) is 9.93. The fourth-order valence-electron chi connectivity index (χ4n) is 2.43. The Morgan fingerprint density at radius 2 is 1.93 bits per heavy atom. The Bertz CT molecular complexity index is 980. The smallest absolute Gasteiger partial charge is 0.254 e. The molecule has 0 saturated heterocycles. The van der Waals surface area contributed by atoms with Crippen LogP contribution in [0.25, 0.3) is 0 Å². The molecule has 0 aliphatic carbocycles. The zero-order valence-electron chi connectivity index (χ0n) is 14.6. The van der Waals surface area contributed by atoms with Gasteiger partial charge >= 0.3 is 0 Å². The molecule has 1 heterocycles. The van der Waals surface area contributed by atoms with Crippen molar-refractivity contribution in [2.45, 2.75) is 6.54 Å². The van der Waals surface area contributed by atoms with E-state index in [1.165, 1.54) is 12.4 Å². The van der Waals surface area contributed by atoms with Crippen LogP contribution in [-0.4, -0.2) is 23.0 Å². The van der Waals surface area contributed by atoms with E-state index in [1.807, 2.05) is 24.3 Å². The van der Waals surface area contributed by atoms with Crippen molar-refractivity contribution < 1.29 is 9.53 Å². The number of carbonyl (C=O) groups is 1. The minimum Gasteiger partial charge on any atom is -0.496 e. The number of ether oxygens (including phenoxy) is 1. The number of nitriles is 1. The van der Waals surface area contributed by atoms with Gasteiger partial charge in [-0.1, -0.05) is 24.3 Å². The van der Waals surface area contributed by atoms with Gasteiger partial charge in [0.05, 0.1) is 24.3 Å². The summed E-state index contributed by atoms with van der Waals surface area (Å²) >= 11 is 0. The molecule has 1 amide bonds. The predicted molar refractivity (Wildman–Crippen MR) is 101 cm³/mol. The van der Waals surface area contributed by atoms with Crippen molar-refractivity contribution in [1.29, 1.82) is 5.26 Å². The second-order valence-electron chi connectivity index (χ2n) is 5.61. The molecule has 134 valence electrons. The van der Waals surface area contributed by atoms with Gasteiger partial charge in [-0.3, -0.25) is 4.79 Å². The number of rotatable bonds is 6. The molecule has 27 heavy (non-hydrogen) atoms. The van der Waals surface area contributed by atoms with Gasteiger partial charge in [-0.25, -0.2) is 9.97 Å². The molecule has 0 radical (unpaired) electrons. The summed E-state index contributed by atoms with van der Waals surface area (Å²) in [5.41, 5.74) is 2.46. The van der Waals surface area contributed by atoms with Gasteiger partial charge in [0, 0.05) is 30.2 Å². The van der Waals surface area contributed by atoms with Gasteiger partial charge in [-0.05, 0) is 24.3 Å². The minimum atomic E-state index is -0.279. The first kappa shape index (κ1) is 17.9. The fourth-order valence-corrected chi connectivity index (χ4v) is 2.43. The number of nitrogens with one attached hydrogen (secondary N) is 2. The molecule has 2 aromatic carbocycles. The maximum Gasteiger partial charge on any atom is 0.254 e. The van der Waals surface area contributed by atoms with Gasteiger partial charge in [-0.2, -0.15) is 5.26 Å². The second kappa shape index (κ2) is 8.45. The number of methoxy groups -OCH3 is 1. The first-order chi connectivity index (χ1) is 13.2. The lowest BCUT2D eigenvalue weighted by Crippen LogP contribution is -2.23. The topological polar surface area (TPSA) is 99.9 Å². The van der Waals surface area contributed by atoms with Crippen LogP contribution < -0.4 is 15.4 Å². The van der Waals surface area contributed by atoms with Crippen molar-refractivity contribution in [3.05, 3.63) is 77.6 Å². The van der Waals surface area contributed by atoms with E-state index in [-0.39, 0.29) is 5.91 Å². The van der Waals surface area contributed by atoms with E-state index < -0.39 is 0 Å². The van der Waals surface area contributed by atoms with Gasteiger partial charge in [0.1, 0.15) is 5.75 Å². The zero-order chi connectivity index (χ0) is 19.1. The molecule has 0 fully saturated rings. The van der Waals surface area contributed by atoms with Crippen molar-refractivity contribution >= 4 is 17.5 Å². The molecule has 0 unspecified atom stereocenters. The third kappa shape index (κ3) is 4.58. The maximum absolute atomic E-state index is 12.3. The zero-order valence-corrected chi connectivity index (χ0v) is 14.6. The van der Waals surface area contributed by atoms with E-state index in [2.05, 4.69) is 26.7 Å². The van der Waals surface area contributed by atoms with Crippen LogP contribution >= 0.6 is 0 Å². The predicted octanol–water partition coefficient (Wildman–Crippen LogP) is 3.03. The molecule has 2 N–H and O–H groups in total. The summed E-state index contributed by atoms with van der Waals surface area (Å²) < 4.78 is 5.27. The summed E-state index contributed by atoms with van der Waals surface area (Å²) in [6.07, 6.45) is 2.89. The summed E-state index contributed by atoms with van der Waals surface area (Å²) in [7, 11) is 1.59. The number of aromatic nitrogens is 2. The highest BCUT2D eigenvalue weighted by atomic mass is 16.5. The Kier molecular flexibility index (Phi) is 5.60. The van der Waals surface area contributed by atoms with Crippen LogP contribution in [0.4, 0.5) is 11.6 Å². The number of benzene rings is 2. The lowest BCUT2D eigenvalue weighted by molar-refractivity contribution is 0.0950. The summed E-state index contributed by atoms with van der Waals surface area (Å²) in [5.74, 6) is 0.776. The van der Waals surface area contributed by atoms with Gasteiger partial charge < -0.3 is 15.4 Å². The van der Waals surface area contributed by atoms with Crippen LogP contribution in [0.1, 0.15) is 21.5 Å². The van der Waals surface area contributed by atoms with Crippen LogP contribution in [0.3, 0.4) is 0 Å². The maximum atomic E-state index is 12.3. The summed E-state index contributed by atoms with van der Waals surface area (Å²) in [6.45, 7) is 0.337. The quantitative estimate of drug-likeness (QED) is 0.702. The number of carbonyl (C=O) groups excluding carboxylic acids is 1. The van der Waals surface area contributed by atoms with E-state index in [9.17, 15) is 4.79 Å². The molecule has 0 aliphatic rings. The van der Waals surface area contributed by atoms with Crippen molar-refractivity contribution in [2.24, 2.45) is 0 Å². The standard InChI is InChI=1S/C20H17N5O2/c1-27-18-8-3-2-6-15(18)11-22-19(26)16-12-23-20(24-13-16)25-17-7-4-5-14(9-17)10-21/h2-9,12-13H,11H2,1H3,(H,22,26)(H,23,24,25). The largest absolute Gasteiger partial charge is 0.496 e. The van der Waals surface area contributed by atoms with E-state index in [4.69, 9.17) is 10.00 Å². The molecular weight excluding hydrogens is 342 g/mol. The SMILES string of the molecule is COc1ccccc1CNC(=O)c1cnc(Nc2cccc(C#N)c2)nc1. The molecule has 0 aliphatic heterocycles. The lowest BCUT2D eigenvalue weighted by Gasteiger charge is -2.09. The van der Waals surface area contributed by atoms with E-state index >= 15 is 0 Å². The minimum absolute atomic E-state index is 0.279. The Morgan fingerprint density at radius 3 is 2.67 bits per heavy atom. The summed E-state index contributed by atoms with van der Waals surface area (Å²) in [5, 5.41) is 14.7. The molecule has 0 saturated carbocycles. The highest BCUT2D eigenvalue weighted by Gasteiger charge is 2.09. The van der Waals surface area contributed by atoms with E-state index in [0.717, 1.165) is 5.56 Å². The molecule has 0 bridgehead atoms. The van der Waals surface area contributed by atoms with Gasteiger partial charge in [-0.15, -0.1) is 0 Å². The number of amides is 1. The highest BCUT2D eigenvalue weighted by Crippen LogP contribution is 2.17. The van der Waals surface area contributed by atoms with Crippen LogP contribution in [0, 0.1) is 11.3 Å². The molecule has 0 spiro atoms. The van der Waals surface area contributed by atoms with Crippen molar-refractivity contribution in [3.8, 4) is 11.8 Å². The molecule has 3 rings (SSSR count). The lowest BCUT2D eigenvalue weighted by atomic mass is 10.2. The molecule has 3 aromatic rings. The fraction of sp³-hybridized carbons (Fsp3) is 0.100. The molecule has 1 aromatic heterocycles. The summed E-state index contributed by atoms with van der Waals surface area (Å²) in [6, 6.07) is 16.5. The molecule has 7 nitrogen and oxygen atoms in total. The average molecular weight is 359 g/mol. The monoisotopic (exact) mass is 359 g/mol. The number of hydrogen-bond acceptors (Lipinski definition) is 6. The first-order valence-electron chi connectivity index (χ1n) is 8.19. The Balaban J connectivity index is 1.62. The molecule has 0 atom stereocenters. The van der Waals surface area contributed by atoms with Gasteiger partial charge in [0.2, 0.25) is 5.95 Å². The average Bonchev–Trinajstić information content (AvgIpc) is 2.73. The Morgan fingerprint density at radius 1 is 1.15 bits per heavy atom. The Labute approximate surface area is 156 Å². The van der Waals surface area contributed by atoms with E-state index in [1.54, 1.807) is 31.4 Å². The highest BCUT2D eigenvalue weighted by molar-refractivity contribution is 5.93. The first-order valence-corrected chi connectivity index (χ1v) is 8.19. The van der Waals surface area contributed by atoms with E-state index in [0.29, 0.717) is 35.1 Å².